The standard InChI is InChI=1S/C22H21N3O2S/c1-15-8-13-21(20-7-5-4-6-19(15)20)22-14-16(2)23-25(22)18-11-9-17(10-12-18)24-28(3,26)27/h4-14,24H,1-3H3. The summed E-state index contributed by atoms with van der Waals surface area (Å²) in [5.41, 5.74) is 5.65. The fourth-order valence-corrected chi connectivity index (χ4v) is 4.01. The van der Waals surface area contributed by atoms with Gasteiger partial charge in [-0.1, -0.05) is 36.4 Å². The number of benzene rings is 3. The number of aryl methyl sites for hydroxylation is 2. The van der Waals surface area contributed by atoms with E-state index in [1.807, 2.05) is 29.8 Å². The molecule has 0 atom stereocenters. The minimum Gasteiger partial charge on any atom is -0.284 e. The Bertz CT molecular complexity index is 1270. The first-order valence-corrected chi connectivity index (χ1v) is 10.8. The largest absolute Gasteiger partial charge is 0.284 e. The zero-order valence-electron chi connectivity index (χ0n) is 16.0. The Balaban J connectivity index is 1.84. The number of hydrogen-bond acceptors (Lipinski definition) is 3. The van der Waals surface area contributed by atoms with E-state index in [4.69, 9.17) is 0 Å². The van der Waals surface area contributed by atoms with Crippen LogP contribution < -0.4 is 4.72 Å². The highest BCUT2D eigenvalue weighted by Crippen LogP contribution is 2.32. The van der Waals surface area contributed by atoms with Gasteiger partial charge < -0.3 is 0 Å². The molecule has 0 unspecified atom stereocenters. The summed E-state index contributed by atoms with van der Waals surface area (Å²) in [6, 6.07) is 21.9. The van der Waals surface area contributed by atoms with Crippen LogP contribution in [-0.4, -0.2) is 24.5 Å². The molecule has 0 saturated carbocycles. The first-order valence-electron chi connectivity index (χ1n) is 8.95. The van der Waals surface area contributed by atoms with Crippen LogP contribution in [0.3, 0.4) is 0 Å². The molecule has 0 saturated heterocycles. The lowest BCUT2D eigenvalue weighted by molar-refractivity contribution is 0.607. The first-order chi connectivity index (χ1) is 13.3. The SMILES string of the molecule is Cc1cc(-c2ccc(C)c3ccccc23)n(-c2ccc(NS(C)(=O)=O)cc2)n1. The topological polar surface area (TPSA) is 64.0 Å². The zero-order valence-corrected chi connectivity index (χ0v) is 16.8. The fourth-order valence-electron chi connectivity index (χ4n) is 3.45. The fraction of sp³-hybridized carbons (Fsp3) is 0.136. The summed E-state index contributed by atoms with van der Waals surface area (Å²) in [7, 11) is -3.30. The number of sulfonamides is 1. The lowest BCUT2D eigenvalue weighted by Gasteiger charge is -2.12. The van der Waals surface area contributed by atoms with E-state index in [1.165, 1.54) is 16.3 Å². The van der Waals surface area contributed by atoms with Crippen molar-refractivity contribution < 1.29 is 8.42 Å². The van der Waals surface area contributed by atoms with Crippen LogP contribution in [0, 0.1) is 13.8 Å². The molecule has 0 fully saturated rings. The molecule has 0 spiro atoms. The number of nitrogens with one attached hydrogen (secondary N) is 1. The highest BCUT2D eigenvalue weighted by molar-refractivity contribution is 7.92. The van der Waals surface area contributed by atoms with Gasteiger partial charge in [0.05, 0.1) is 23.3 Å². The Morgan fingerprint density at radius 2 is 1.57 bits per heavy atom. The van der Waals surface area contributed by atoms with E-state index in [1.54, 1.807) is 12.1 Å². The maximum Gasteiger partial charge on any atom is 0.229 e. The van der Waals surface area contributed by atoms with Crippen molar-refractivity contribution in [3.8, 4) is 16.9 Å². The van der Waals surface area contributed by atoms with E-state index < -0.39 is 10.0 Å². The molecule has 3 aromatic carbocycles. The second-order valence-electron chi connectivity index (χ2n) is 6.98. The molecule has 5 nitrogen and oxygen atoms in total. The normalized spacial score (nSPS) is 11.7. The van der Waals surface area contributed by atoms with E-state index >= 15 is 0 Å². The number of rotatable bonds is 4. The van der Waals surface area contributed by atoms with Gasteiger partial charge in [-0.25, -0.2) is 13.1 Å². The third kappa shape index (κ3) is 3.51. The van der Waals surface area contributed by atoms with Gasteiger partial charge >= 0.3 is 0 Å². The van der Waals surface area contributed by atoms with Crippen molar-refractivity contribution in [3.05, 3.63) is 78.0 Å². The summed E-state index contributed by atoms with van der Waals surface area (Å²) in [6.07, 6.45) is 1.14. The van der Waals surface area contributed by atoms with Crippen LogP contribution >= 0.6 is 0 Å². The highest BCUT2D eigenvalue weighted by Gasteiger charge is 2.14. The summed E-state index contributed by atoms with van der Waals surface area (Å²) in [5.74, 6) is 0. The van der Waals surface area contributed by atoms with Gasteiger partial charge in [0.1, 0.15) is 0 Å². The molecule has 28 heavy (non-hydrogen) atoms. The molecule has 4 rings (SSSR count). The van der Waals surface area contributed by atoms with Crippen molar-refractivity contribution in [1.29, 1.82) is 0 Å². The minimum atomic E-state index is -3.30. The van der Waals surface area contributed by atoms with Gasteiger partial charge in [-0.2, -0.15) is 5.10 Å². The van der Waals surface area contributed by atoms with Gasteiger partial charge in [0.15, 0.2) is 0 Å². The number of hydrogen-bond donors (Lipinski definition) is 1. The molecule has 0 aliphatic carbocycles. The molecular formula is C22H21N3O2S. The van der Waals surface area contributed by atoms with Crippen molar-refractivity contribution in [1.82, 2.24) is 9.78 Å². The minimum absolute atomic E-state index is 0.525. The van der Waals surface area contributed by atoms with E-state index in [9.17, 15) is 8.42 Å². The van der Waals surface area contributed by atoms with Crippen molar-refractivity contribution in [2.75, 3.05) is 11.0 Å². The summed E-state index contributed by atoms with van der Waals surface area (Å²) in [6.45, 7) is 4.08. The molecule has 0 amide bonds. The number of aromatic nitrogens is 2. The van der Waals surface area contributed by atoms with Gasteiger partial charge in [0.2, 0.25) is 10.0 Å². The van der Waals surface area contributed by atoms with Gasteiger partial charge in [-0.3, -0.25) is 4.72 Å². The van der Waals surface area contributed by atoms with Crippen LogP contribution in [-0.2, 0) is 10.0 Å². The van der Waals surface area contributed by atoms with Gasteiger partial charge in [-0.05, 0) is 60.5 Å². The third-order valence-electron chi connectivity index (χ3n) is 4.66. The van der Waals surface area contributed by atoms with Crippen LogP contribution in [0.15, 0.2) is 66.7 Å². The number of anilines is 1. The lowest BCUT2D eigenvalue weighted by atomic mass is 9.98. The van der Waals surface area contributed by atoms with Crippen molar-refractivity contribution in [3.63, 3.8) is 0 Å². The quantitative estimate of drug-likeness (QED) is 0.549. The summed E-state index contributed by atoms with van der Waals surface area (Å²) in [5, 5.41) is 7.07. The zero-order chi connectivity index (χ0) is 19.9. The molecule has 0 radical (unpaired) electrons. The molecule has 142 valence electrons. The van der Waals surface area contributed by atoms with Crippen molar-refractivity contribution in [2.45, 2.75) is 13.8 Å². The molecule has 0 aliphatic heterocycles. The van der Waals surface area contributed by atoms with Gasteiger partial charge in [-0.15, -0.1) is 0 Å². The molecule has 1 N–H and O–H groups in total. The van der Waals surface area contributed by atoms with E-state index in [0.717, 1.165) is 28.9 Å². The summed E-state index contributed by atoms with van der Waals surface area (Å²) in [4.78, 5) is 0. The van der Waals surface area contributed by atoms with Crippen LogP contribution in [0.25, 0.3) is 27.7 Å². The van der Waals surface area contributed by atoms with Crippen LogP contribution in [0.5, 0.6) is 0 Å². The Labute approximate surface area is 164 Å². The van der Waals surface area contributed by atoms with Crippen molar-refractivity contribution in [2.24, 2.45) is 0 Å². The summed E-state index contributed by atoms with van der Waals surface area (Å²) >= 11 is 0. The maximum absolute atomic E-state index is 11.4. The van der Waals surface area contributed by atoms with Crippen LogP contribution in [0.2, 0.25) is 0 Å². The van der Waals surface area contributed by atoms with E-state index in [0.29, 0.717) is 5.69 Å². The molecule has 6 heteroatoms. The maximum atomic E-state index is 11.4. The van der Waals surface area contributed by atoms with Gasteiger partial charge in [0, 0.05) is 11.3 Å². The summed E-state index contributed by atoms with van der Waals surface area (Å²) < 4.78 is 27.2. The molecule has 0 aliphatic rings. The molecule has 1 aromatic heterocycles. The Morgan fingerprint density at radius 1 is 0.893 bits per heavy atom. The monoisotopic (exact) mass is 391 g/mol. The Kier molecular flexibility index (Phi) is 4.43. The van der Waals surface area contributed by atoms with E-state index in [-0.39, 0.29) is 0 Å². The van der Waals surface area contributed by atoms with Crippen LogP contribution in [0.1, 0.15) is 11.3 Å². The predicted octanol–water partition coefficient (Wildman–Crippen LogP) is 4.68. The number of fused-ring (bicyclic) bond motifs is 1. The highest BCUT2D eigenvalue weighted by atomic mass is 32.2. The van der Waals surface area contributed by atoms with Gasteiger partial charge in [0.25, 0.3) is 0 Å². The third-order valence-corrected chi connectivity index (χ3v) is 5.27. The van der Waals surface area contributed by atoms with E-state index in [2.05, 4.69) is 53.1 Å². The predicted molar refractivity (Wildman–Crippen MR) is 114 cm³/mol. The average Bonchev–Trinajstić information content (AvgIpc) is 3.03. The average molecular weight is 391 g/mol. The molecule has 0 bridgehead atoms. The first kappa shape index (κ1) is 18.3. The molecular weight excluding hydrogens is 370 g/mol. The van der Waals surface area contributed by atoms with Crippen LogP contribution in [0.4, 0.5) is 5.69 Å². The second-order valence-corrected chi connectivity index (χ2v) is 8.73. The Morgan fingerprint density at radius 3 is 2.25 bits per heavy atom. The lowest BCUT2D eigenvalue weighted by Crippen LogP contribution is -2.09. The second kappa shape index (κ2) is 6.80. The van der Waals surface area contributed by atoms with Crippen molar-refractivity contribution >= 4 is 26.5 Å². The molecule has 1 heterocycles. The smallest absolute Gasteiger partial charge is 0.229 e. The number of nitrogens with zero attached hydrogens (tertiary/aromatic N) is 2. The molecule has 4 aromatic rings. The Hall–Kier alpha value is -3.12.